The Morgan fingerprint density at radius 1 is 0.833 bits per heavy atom. The molecule has 0 aliphatic heterocycles. The van der Waals surface area contributed by atoms with E-state index in [1.165, 1.54) is 32.1 Å². The fraction of sp³-hybridized carbons (Fsp3) is 0.550. The summed E-state index contributed by atoms with van der Waals surface area (Å²) >= 11 is 0. The highest BCUT2D eigenvalue weighted by Gasteiger charge is 2.14. The molecule has 0 aliphatic carbocycles. The number of para-hydroxylation sites is 1. The number of benzene rings is 1. The van der Waals surface area contributed by atoms with Crippen LogP contribution >= 0.6 is 0 Å². The van der Waals surface area contributed by atoms with Crippen molar-refractivity contribution in [1.82, 2.24) is 0 Å². The lowest BCUT2D eigenvalue weighted by atomic mass is 10.0. The largest absolute Gasteiger partial charge is 0.618 e. The van der Waals surface area contributed by atoms with Crippen LogP contribution in [-0.4, -0.2) is 16.8 Å². The maximum Gasteiger partial charge on any atom is 0.227 e. The van der Waals surface area contributed by atoms with Crippen molar-refractivity contribution < 1.29 is 14.9 Å². The number of aliphatic hydroxyl groups is 1. The lowest BCUT2D eigenvalue weighted by Gasteiger charge is -2.09. The van der Waals surface area contributed by atoms with Crippen LogP contribution in [0.1, 0.15) is 63.5 Å². The van der Waals surface area contributed by atoms with Gasteiger partial charge in [0.25, 0.3) is 0 Å². The van der Waals surface area contributed by atoms with E-state index in [0.717, 1.165) is 30.4 Å². The lowest BCUT2D eigenvalue weighted by molar-refractivity contribution is -0.586. The second kappa shape index (κ2) is 10.1. The number of unbranched alkanes of at least 4 members (excludes halogenated alkanes) is 8. The Morgan fingerprint density at radius 3 is 2.08 bits per heavy atom. The van der Waals surface area contributed by atoms with Crippen molar-refractivity contribution in [2.75, 3.05) is 6.61 Å². The number of hydrogen-bond donors (Lipinski definition) is 2. The Balaban J connectivity index is 1.70. The van der Waals surface area contributed by atoms with E-state index >= 15 is 0 Å². The zero-order chi connectivity index (χ0) is 17.2. The van der Waals surface area contributed by atoms with E-state index in [9.17, 15) is 10.3 Å². The van der Waals surface area contributed by atoms with Gasteiger partial charge in [0.05, 0.1) is 5.39 Å². The third-order valence-electron chi connectivity index (χ3n) is 4.55. The number of fused-ring (bicyclic) bond motifs is 1. The fourth-order valence-electron chi connectivity index (χ4n) is 3.15. The van der Waals surface area contributed by atoms with Gasteiger partial charge < -0.3 is 15.4 Å². The molecule has 1 aromatic heterocycles. The zero-order valence-electron chi connectivity index (χ0n) is 14.4. The molecule has 0 unspecified atom stereocenters. The molecule has 0 spiro atoms. The van der Waals surface area contributed by atoms with Gasteiger partial charge >= 0.3 is 0 Å². The molecule has 1 aromatic carbocycles. The molecule has 132 valence electrons. The van der Waals surface area contributed by atoms with Gasteiger partial charge in [-0.05, 0) is 18.9 Å². The molecule has 0 saturated heterocycles. The Kier molecular flexibility index (Phi) is 7.83. The number of hydrogen-bond acceptors (Lipinski definition) is 3. The summed E-state index contributed by atoms with van der Waals surface area (Å²) in [5.74, 6) is 0.190. The Hall–Kier alpha value is -1.81. The van der Waals surface area contributed by atoms with Crippen LogP contribution in [0.5, 0.6) is 5.75 Å². The minimum Gasteiger partial charge on any atom is -0.618 e. The molecule has 0 saturated carbocycles. The van der Waals surface area contributed by atoms with Gasteiger partial charge in [0.15, 0.2) is 5.69 Å². The molecule has 0 atom stereocenters. The van der Waals surface area contributed by atoms with Gasteiger partial charge in [-0.2, -0.15) is 4.73 Å². The fourth-order valence-corrected chi connectivity index (χ4v) is 3.15. The minimum absolute atomic E-state index is 0.190. The SMILES string of the molecule is [O-][n+]1c(CCCCCCCCCCCO)cc(O)c2ccccc21. The first-order valence-corrected chi connectivity index (χ1v) is 9.18. The van der Waals surface area contributed by atoms with Gasteiger partial charge in [-0.15, -0.1) is 0 Å². The molecule has 4 nitrogen and oxygen atoms in total. The Labute approximate surface area is 144 Å². The Bertz CT molecular complexity index is 628. The second-order valence-electron chi connectivity index (χ2n) is 6.49. The molecule has 1 heterocycles. The number of pyridine rings is 1. The van der Waals surface area contributed by atoms with Gasteiger partial charge in [-0.25, -0.2) is 0 Å². The monoisotopic (exact) mass is 331 g/mol. The highest BCUT2D eigenvalue weighted by Crippen LogP contribution is 2.23. The van der Waals surface area contributed by atoms with Gasteiger partial charge in [0.2, 0.25) is 5.52 Å². The second-order valence-corrected chi connectivity index (χ2v) is 6.49. The third kappa shape index (κ3) is 5.38. The summed E-state index contributed by atoms with van der Waals surface area (Å²) in [5, 5.41) is 31.8. The van der Waals surface area contributed by atoms with Crippen LogP contribution in [0.15, 0.2) is 30.3 Å². The van der Waals surface area contributed by atoms with Crippen molar-refractivity contribution in [2.24, 2.45) is 0 Å². The van der Waals surface area contributed by atoms with E-state index in [-0.39, 0.29) is 5.75 Å². The van der Waals surface area contributed by atoms with Gasteiger partial charge in [-0.1, -0.05) is 57.1 Å². The number of aryl methyl sites for hydroxylation is 1. The molecular weight excluding hydrogens is 302 g/mol. The maximum absolute atomic E-state index is 12.4. The summed E-state index contributed by atoms with van der Waals surface area (Å²) in [6.45, 7) is 0.310. The molecular formula is C20H29NO3. The summed E-state index contributed by atoms with van der Waals surface area (Å²) < 4.78 is 0.955. The summed E-state index contributed by atoms with van der Waals surface area (Å²) in [6.07, 6.45) is 11.0. The molecule has 0 fully saturated rings. The number of rotatable bonds is 11. The van der Waals surface area contributed by atoms with Crippen LogP contribution in [0.2, 0.25) is 0 Å². The number of aliphatic hydroxyl groups excluding tert-OH is 1. The smallest absolute Gasteiger partial charge is 0.227 e. The number of aromatic hydroxyl groups is 1. The van der Waals surface area contributed by atoms with Gasteiger partial charge in [0.1, 0.15) is 5.75 Å². The molecule has 2 N–H and O–H groups in total. The Morgan fingerprint density at radius 2 is 1.42 bits per heavy atom. The van der Waals surface area contributed by atoms with Crippen LogP contribution < -0.4 is 4.73 Å². The van der Waals surface area contributed by atoms with E-state index in [4.69, 9.17) is 5.11 Å². The van der Waals surface area contributed by atoms with Crippen molar-refractivity contribution in [2.45, 2.75) is 64.2 Å². The molecule has 0 aliphatic rings. The summed E-state index contributed by atoms with van der Waals surface area (Å²) in [4.78, 5) is 0. The molecule has 0 radical (unpaired) electrons. The van der Waals surface area contributed by atoms with E-state index < -0.39 is 0 Å². The van der Waals surface area contributed by atoms with Gasteiger partial charge in [-0.3, -0.25) is 0 Å². The maximum atomic E-state index is 12.4. The van der Waals surface area contributed by atoms with Crippen molar-refractivity contribution in [3.8, 4) is 5.75 Å². The van der Waals surface area contributed by atoms with Crippen molar-refractivity contribution in [1.29, 1.82) is 0 Å². The molecule has 4 heteroatoms. The quantitative estimate of drug-likeness (QED) is 0.368. The van der Waals surface area contributed by atoms with Crippen LogP contribution in [0.4, 0.5) is 0 Å². The van der Waals surface area contributed by atoms with Crippen molar-refractivity contribution >= 4 is 10.9 Å². The third-order valence-corrected chi connectivity index (χ3v) is 4.55. The first kappa shape index (κ1) is 18.5. The molecule has 24 heavy (non-hydrogen) atoms. The summed E-state index contributed by atoms with van der Waals surface area (Å²) in [5.41, 5.74) is 1.19. The van der Waals surface area contributed by atoms with E-state index in [0.29, 0.717) is 29.6 Å². The van der Waals surface area contributed by atoms with E-state index in [1.807, 2.05) is 12.1 Å². The molecule has 0 bridgehead atoms. The molecule has 0 amide bonds. The van der Waals surface area contributed by atoms with Crippen LogP contribution in [-0.2, 0) is 6.42 Å². The first-order valence-electron chi connectivity index (χ1n) is 9.18. The predicted octanol–water partition coefficient (Wildman–Crippen LogP) is 4.22. The molecule has 2 aromatic rings. The zero-order valence-corrected chi connectivity index (χ0v) is 14.4. The standard InChI is InChI=1S/C20H29NO3/c22-15-11-7-5-3-1-2-4-6-8-12-17-16-20(23)18-13-9-10-14-19(18)21(17)24/h9-10,13-14,16,22-23H,1-8,11-12,15H2. The van der Waals surface area contributed by atoms with Crippen LogP contribution in [0, 0.1) is 5.21 Å². The van der Waals surface area contributed by atoms with Crippen LogP contribution in [0.3, 0.4) is 0 Å². The topological polar surface area (TPSA) is 67.4 Å². The minimum atomic E-state index is 0.190. The highest BCUT2D eigenvalue weighted by molar-refractivity contribution is 5.82. The summed E-state index contributed by atoms with van der Waals surface area (Å²) in [6, 6.07) is 8.77. The van der Waals surface area contributed by atoms with Crippen molar-refractivity contribution in [3.63, 3.8) is 0 Å². The van der Waals surface area contributed by atoms with E-state index in [2.05, 4.69) is 0 Å². The van der Waals surface area contributed by atoms with Crippen LogP contribution in [0.25, 0.3) is 10.9 Å². The summed E-state index contributed by atoms with van der Waals surface area (Å²) in [7, 11) is 0. The van der Waals surface area contributed by atoms with Crippen molar-refractivity contribution in [3.05, 3.63) is 41.2 Å². The molecule has 2 rings (SSSR count). The average Bonchev–Trinajstić information content (AvgIpc) is 2.60. The number of nitrogens with zero attached hydrogens (tertiary/aromatic N) is 1. The first-order chi connectivity index (χ1) is 11.7. The van der Waals surface area contributed by atoms with Gasteiger partial charge in [0, 0.05) is 25.2 Å². The average molecular weight is 331 g/mol. The van der Waals surface area contributed by atoms with E-state index in [1.54, 1.807) is 18.2 Å². The lowest BCUT2D eigenvalue weighted by Crippen LogP contribution is -2.32. The predicted molar refractivity (Wildman–Crippen MR) is 96.9 cm³/mol. The number of aromatic nitrogens is 1. The normalized spacial score (nSPS) is 11.2. The highest BCUT2D eigenvalue weighted by atomic mass is 16.5.